The molecule has 4 aromatic rings. The van der Waals surface area contributed by atoms with Crippen LogP contribution in [-0.2, 0) is 4.84 Å². The van der Waals surface area contributed by atoms with Gasteiger partial charge >= 0.3 is 0 Å². The van der Waals surface area contributed by atoms with Gasteiger partial charge in [0.15, 0.2) is 0 Å². The van der Waals surface area contributed by atoms with Crippen molar-refractivity contribution in [2.75, 3.05) is 10.8 Å². The Bertz CT molecular complexity index is 1560. The summed E-state index contributed by atoms with van der Waals surface area (Å²) in [6.45, 7) is 11.8. The number of rotatable bonds is 8. The summed E-state index contributed by atoms with van der Waals surface area (Å²) in [6, 6.07) is 12.2. The molecule has 1 atom stereocenters. The minimum atomic E-state index is -0.458. The molecule has 6 N–H and O–H groups in total. The third-order valence-electron chi connectivity index (χ3n) is 6.35. The molecule has 2 heterocycles. The second-order valence-electron chi connectivity index (χ2n) is 10.6. The number of nitrogens with one attached hydrogen (secondary N) is 2. The summed E-state index contributed by atoms with van der Waals surface area (Å²) in [7, 11) is 0. The molecule has 10 heteroatoms. The van der Waals surface area contributed by atoms with E-state index in [0.717, 1.165) is 50.8 Å². The molecule has 5 rings (SSSR count). The maximum atomic E-state index is 9.78. The molecule has 9 nitrogen and oxygen atoms in total. The third-order valence-corrected chi connectivity index (χ3v) is 7.24. The number of hydrazine groups is 1. The number of hydrogen-bond donors (Lipinski definition) is 4. The van der Waals surface area contributed by atoms with E-state index in [2.05, 4.69) is 32.9 Å². The molecule has 0 amide bonds. The third kappa shape index (κ3) is 6.45. The van der Waals surface area contributed by atoms with Gasteiger partial charge in [-0.3, -0.25) is 15.3 Å². The van der Waals surface area contributed by atoms with Gasteiger partial charge in [-0.2, -0.15) is 5.26 Å². The SMILES string of the molecule is CC.Cc1cc(NC(/C(N)=C/N(N)C2CC2)c2cccc3ncsc23)cc2c(NOC(C)(C)C)c(C#N)cnc12. The van der Waals surface area contributed by atoms with Gasteiger partial charge in [0.1, 0.15) is 6.07 Å². The number of aryl methyl sites for hydroxylation is 1. The molecule has 1 saturated carbocycles. The first kappa shape index (κ1) is 29.1. The van der Waals surface area contributed by atoms with E-state index in [4.69, 9.17) is 16.4 Å². The van der Waals surface area contributed by atoms with Gasteiger partial charge < -0.3 is 16.1 Å². The normalized spacial score (nSPS) is 14.3. The van der Waals surface area contributed by atoms with E-state index in [9.17, 15) is 5.26 Å². The zero-order chi connectivity index (χ0) is 29.0. The predicted octanol–water partition coefficient (Wildman–Crippen LogP) is 6.48. The molecule has 0 spiro atoms. The lowest BCUT2D eigenvalue weighted by Gasteiger charge is -2.25. The molecular formula is C30H38N8OS. The maximum Gasteiger partial charge on any atom is 0.103 e. The standard InChI is InChI=1S/C28H32N8OS.C2H6/c1-16-10-18(11-21-24(16)32-13-17(12-29)25(21)35-37-28(2,3)4)34-26(22(30)14-36(31)19-8-9-19)20-6-5-7-23-27(20)38-15-33-23;1-2/h5-7,10-11,13-15,19,26,34H,8-9,30-31H2,1-4H3,(H,32,35);1-2H3/b22-14-;. The van der Waals surface area contributed by atoms with Gasteiger partial charge in [0, 0.05) is 29.5 Å². The summed E-state index contributed by atoms with van der Waals surface area (Å²) in [5, 5.41) is 15.9. The zero-order valence-corrected chi connectivity index (χ0v) is 24.8. The molecule has 40 heavy (non-hydrogen) atoms. The van der Waals surface area contributed by atoms with E-state index < -0.39 is 5.60 Å². The van der Waals surface area contributed by atoms with Crippen molar-refractivity contribution in [3.63, 3.8) is 0 Å². The highest BCUT2D eigenvalue weighted by molar-refractivity contribution is 7.17. The molecule has 0 saturated heterocycles. The fraction of sp³-hybridized carbons (Fsp3) is 0.367. The number of hydrogen-bond acceptors (Lipinski definition) is 10. The van der Waals surface area contributed by atoms with Crippen LogP contribution in [0.1, 0.15) is 70.2 Å². The lowest BCUT2D eigenvalue weighted by molar-refractivity contribution is 0.0377. The molecule has 1 unspecified atom stereocenters. The number of nitrogens with zero attached hydrogens (tertiary/aromatic N) is 4. The van der Waals surface area contributed by atoms with E-state index in [0.29, 0.717) is 23.0 Å². The largest absolute Gasteiger partial charge is 0.399 e. The summed E-state index contributed by atoms with van der Waals surface area (Å²) in [5.74, 6) is 6.28. The van der Waals surface area contributed by atoms with Crippen molar-refractivity contribution in [1.82, 2.24) is 15.0 Å². The molecule has 210 valence electrons. The second-order valence-corrected chi connectivity index (χ2v) is 11.5. The summed E-state index contributed by atoms with van der Waals surface area (Å²) >= 11 is 1.58. The van der Waals surface area contributed by atoms with Crippen LogP contribution < -0.4 is 22.4 Å². The van der Waals surface area contributed by atoms with Gasteiger partial charge in [-0.25, -0.2) is 10.8 Å². The van der Waals surface area contributed by atoms with Gasteiger partial charge in [-0.1, -0.05) is 26.0 Å². The highest BCUT2D eigenvalue weighted by Gasteiger charge is 2.27. The minimum Gasteiger partial charge on any atom is -0.399 e. The maximum absolute atomic E-state index is 9.78. The van der Waals surface area contributed by atoms with Crippen LogP contribution in [0.3, 0.4) is 0 Å². The summed E-state index contributed by atoms with van der Waals surface area (Å²) in [4.78, 5) is 14.9. The molecule has 0 aliphatic heterocycles. The Kier molecular flexibility index (Phi) is 8.79. The number of pyridine rings is 1. The van der Waals surface area contributed by atoms with Crippen molar-refractivity contribution >= 4 is 43.8 Å². The van der Waals surface area contributed by atoms with Gasteiger partial charge in [-0.15, -0.1) is 11.3 Å². The van der Waals surface area contributed by atoms with E-state index in [1.165, 1.54) is 0 Å². The van der Waals surface area contributed by atoms with Crippen molar-refractivity contribution in [2.45, 2.75) is 72.1 Å². The molecule has 1 aliphatic carbocycles. The number of aromatic nitrogens is 2. The van der Waals surface area contributed by atoms with E-state index >= 15 is 0 Å². The Labute approximate surface area is 239 Å². The first-order valence-corrected chi connectivity index (χ1v) is 14.4. The molecule has 2 aromatic heterocycles. The van der Waals surface area contributed by atoms with Crippen LogP contribution in [0.15, 0.2) is 53.9 Å². The van der Waals surface area contributed by atoms with Gasteiger partial charge in [0.25, 0.3) is 0 Å². The van der Waals surface area contributed by atoms with Crippen LogP contribution in [0.4, 0.5) is 11.4 Å². The summed E-state index contributed by atoms with van der Waals surface area (Å²) in [5.41, 5.74) is 17.2. The second kappa shape index (κ2) is 12.1. The quantitative estimate of drug-likeness (QED) is 0.141. The van der Waals surface area contributed by atoms with E-state index in [-0.39, 0.29) is 6.04 Å². The molecule has 2 aromatic carbocycles. The number of nitriles is 1. The minimum absolute atomic E-state index is 0.322. The molecular weight excluding hydrogens is 520 g/mol. The molecule has 1 aliphatic rings. The Hall–Kier alpha value is -3.91. The van der Waals surface area contributed by atoms with Crippen molar-refractivity contribution in [1.29, 1.82) is 5.26 Å². The Morgan fingerprint density at radius 3 is 2.67 bits per heavy atom. The fourth-order valence-electron chi connectivity index (χ4n) is 4.33. The summed E-state index contributed by atoms with van der Waals surface area (Å²) in [6.07, 6.45) is 5.52. The number of anilines is 2. The van der Waals surface area contributed by atoms with Gasteiger partial charge in [0.2, 0.25) is 0 Å². The lowest BCUT2D eigenvalue weighted by Crippen LogP contribution is -2.30. The highest BCUT2D eigenvalue weighted by Crippen LogP contribution is 2.36. The smallest absolute Gasteiger partial charge is 0.103 e. The predicted molar refractivity (Wildman–Crippen MR) is 164 cm³/mol. The molecule has 1 fully saturated rings. The Morgan fingerprint density at radius 1 is 1.25 bits per heavy atom. The first-order valence-electron chi connectivity index (χ1n) is 13.5. The average molecular weight is 559 g/mol. The van der Waals surface area contributed by atoms with Gasteiger partial charge in [-0.05, 0) is 69.9 Å². The monoisotopic (exact) mass is 558 g/mol. The van der Waals surface area contributed by atoms with Crippen molar-refractivity contribution < 1.29 is 4.84 Å². The van der Waals surface area contributed by atoms with Crippen LogP contribution in [0.5, 0.6) is 0 Å². The van der Waals surface area contributed by atoms with Crippen LogP contribution in [0.25, 0.3) is 21.1 Å². The molecule has 0 radical (unpaired) electrons. The number of thiazole rings is 1. The van der Waals surface area contributed by atoms with Crippen LogP contribution in [-0.4, -0.2) is 26.6 Å². The van der Waals surface area contributed by atoms with Crippen LogP contribution >= 0.6 is 11.3 Å². The summed E-state index contributed by atoms with van der Waals surface area (Å²) < 4.78 is 1.06. The number of fused-ring (bicyclic) bond motifs is 2. The van der Waals surface area contributed by atoms with E-state index in [1.54, 1.807) is 22.5 Å². The van der Waals surface area contributed by atoms with Crippen LogP contribution in [0.2, 0.25) is 0 Å². The topological polar surface area (TPSA) is 138 Å². The van der Waals surface area contributed by atoms with Crippen LogP contribution in [0, 0.1) is 18.3 Å². The molecule has 0 bridgehead atoms. The number of nitrogens with two attached hydrogens (primary N) is 2. The van der Waals surface area contributed by atoms with E-state index in [1.807, 2.05) is 77.5 Å². The van der Waals surface area contributed by atoms with Gasteiger partial charge in [0.05, 0.1) is 49.8 Å². The van der Waals surface area contributed by atoms with Crippen molar-refractivity contribution in [2.24, 2.45) is 11.6 Å². The zero-order valence-electron chi connectivity index (χ0n) is 23.9. The van der Waals surface area contributed by atoms with Crippen molar-refractivity contribution in [3.05, 3.63) is 70.6 Å². The van der Waals surface area contributed by atoms with Crippen molar-refractivity contribution in [3.8, 4) is 6.07 Å². The highest BCUT2D eigenvalue weighted by atomic mass is 32.1. The average Bonchev–Trinajstić information content (AvgIpc) is 3.67. The Morgan fingerprint density at radius 2 is 2.00 bits per heavy atom. The Balaban J connectivity index is 0.00000181. The first-order chi connectivity index (χ1) is 19.1. The fourth-order valence-corrected chi connectivity index (χ4v) is 5.17. The number of benzene rings is 2. The lowest BCUT2D eigenvalue weighted by atomic mass is 10.0.